The first-order valence-corrected chi connectivity index (χ1v) is 11.2. The second-order valence-corrected chi connectivity index (χ2v) is 8.75. The first-order chi connectivity index (χ1) is 15.1. The van der Waals surface area contributed by atoms with Gasteiger partial charge in [0.15, 0.2) is 10.6 Å². The Morgan fingerprint density at radius 1 is 1.06 bits per heavy atom. The summed E-state index contributed by atoms with van der Waals surface area (Å²) in [5.74, 6) is -0.755. The van der Waals surface area contributed by atoms with Gasteiger partial charge in [-0.05, 0) is 35.4 Å². The number of aromatic nitrogens is 2. The second kappa shape index (κ2) is 7.84. The van der Waals surface area contributed by atoms with Crippen molar-refractivity contribution in [3.63, 3.8) is 0 Å². The van der Waals surface area contributed by atoms with Crippen molar-refractivity contribution < 1.29 is 18.9 Å². The maximum Gasteiger partial charge on any atom is 0.275 e. The van der Waals surface area contributed by atoms with Gasteiger partial charge in [-0.25, -0.2) is 4.68 Å². The number of para-hydroxylation sites is 1. The topological polar surface area (TPSA) is 114 Å². The van der Waals surface area contributed by atoms with Crippen molar-refractivity contribution in [1.82, 2.24) is 14.7 Å². The summed E-state index contributed by atoms with van der Waals surface area (Å²) in [6.45, 7) is 1.92. The highest BCUT2D eigenvalue weighted by molar-refractivity contribution is 7.91. The van der Waals surface area contributed by atoms with E-state index in [1.54, 1.807) is 27.8 Å². The SMILES string of the molecule is NC(=O)c1cccc2c1[S+]([O-])Cc1c(C(=O)N3CCOCC3)nn(-c3ccccc3)c1-2. The van der Waals surface area contributed by atoms with E-state index in [2.05, 4.69) is 5.10 Å². The molecular weight excluding hydrogens is 416 g/mol. The zero-order chi connectivity index (χ0) is 21.5. The Morgan fingerprint density at radius 3 is 2.52 bits per heavy atom. The lowest BCUT2D eigenvalue weighted by molar-refractivity contribution is 0.0298. The largest absolute Gasteiger partial charge is 0.611 e. The van der Waals surface area contributed by atoms with Gasteiger partial charge in [0.2, 0.25) is 0 Å². The van der Waals surface area contributed by atoms with Gasteiger partial charge in [0.05, 0.1) is 41.3 Å². The van der Waals surface area contributed by atoms with Crippen LogP contribution < -0.4 is 5.73 Å². The highest BCUT2D eigenvalue weighted by atomic mass is 32.2. The normalized spacial score (nSPS) is 17.7. The lowest BCUT2D eigenvalue weighted by Crippen LogP contribution is -2.41. The van der Waals surface area contributed by atoms with Gasteiger partial charge in [0.1, 0.15) is 5.75 Å². The van der Waals surface area contributed by atoms with Crippen LogP contribution in [-0.4, -0.2) is 57.4 Å². The number of amides is 2. The van der Waals surface area contributed by atoms with E-state index in [-0.39, 0.29) is 22.9 Å². The molecule has 0 radical (unpaired) electrons. The van der Waals surface area contributed by atoms with Crippen LogP contribution in [0.1, 0.15) is 26.4 Å². The maximum absolute atomic E-state index is 13.3. The van der Waals surface area contributed by atoms with Gasteiger partial charge in [0, 0.05) is 13.1 Å². The predicted octanol–water partition coefficient (Wildman–Crippen LogP) is 1.73. The summed E-state index contributed by atoms with van der Waals surface area (Å²) in [6, 6.07) is 14.5. The standard InChI is InChI=1S/C22H20N4O4S/c23-21(27)16-8-4-7-15-19-17(13-31(29)20(15)16)18(22(28)25-9-11-30-12-10-25)24-26(19)14-5-2-1-3-6-14/h1-8H,9-13H2,(H2,23,27). The van der Waals surface area contributed by atoms with Crippen LogP contribution in [0.15, 0.2) is 53.4 Å². The van der Waals surface area contributed by atoms with Crippen molar-refractivity contribution in [3.05, 3.63) is 65.4 Å². The smallest absolute Gasteiger partial charge is 0.275 e. The van der Waals surface area contributed by atoms with Crippen LogP contribution in [0.5, 0.6) is 0 Å². The Hall–Kier alpha value is -3.14. The molecule has 0 spiro atoms. The van der Waals surface area contributed by atoms with Crippen LogP contribution in [0.3, 0.4) is 0 Å². The number of fused-ring (bicyclic) bond motifs is 3. The lowest BCUT2D eigenvalue weighted by atomic mass is 10.0. The van der Waals surface area contributed by atoms with Crippen molar-refractivity contribution in [3.8, 4) is 16.9 Å². The van der Waals surface area contributed by atoms with Crippen molar-refractivity contribution in [2.45, 2.75) is 10.6 Å². The van der Waals surface area contributed by atoms with Crippen LogP contribution in [-0.2, 0) is 21.7 Å². The molecule has 9 heteroatoms. The average molecular weight is 436 g/mol. The molecule has 1 aromatic heterocycles. The molecule has 0 aliphatic carbocycles. The summed E-state index contributed by atoms with van der Waals surface area (Å²) in [5.41, 5.74) is 8.72. The van der Waals surface area contributed by atoms with Crippen LogP contribution in [0.25, 0.3) is 16.9 Å². The van der Waals surface area contributed by atoms with E-state index in [1.165, 1.54) is 0 Å². The molecule has 1 saturated heterocycles. The highest BCUT2D eigenvalue weighted by Gasteiger charge is 2.39. The number of carbonyl (C=O) groups excluding carboxylic acids is 2. The number of hydrogen-bond acceptors (Lipinski definition) is 5. The molecule has 5 rings (SSSR count). The third kappa shape index (κ3) is 3.31. The minimum absolute atomic E-state index is 0.0882. The molecule has 2 aromatic carbocycles. The fourth-order valence-corrected chi connectivity index (χ4v) is 5.58. The molecule has 1 fully saturated rings. The van der Waals surface area contributed by atoms with Crippen LogP contribution in [0.4, 0.5) is 0 Å². The monoisotopic (exact) mass is 436 g/mol. The van der Waals surface area contributed by atoms with Crippen LogP contribution >= 0.6 is 0 Å². The molecule has 2 amide bonds. The van der Waals surface area contributed by atoms with Crippen molar-refractivity contribution in [1.29, 1.82) is 0 Å². The van der Waals surface area contributed by atoms with Crippen molar-refractivity contribution in [2.75, 3.05) is 26.3 Å². The van der Waals surface area contributed by atoms with E-state index in [0.29, 0.717) is 48.0 Å². The lowest BCUT2D eigenvalue weighted by Gasteiger charge is -2.27. The molecule has 2 aliphatic heterocycles. The van der Waals surface area contributed by atoms with E-state index < -0.39 is 17.1 Å². The number of benzene rings is 2. The molecule has 0 saturated carbocycles. The Balaban J connectivity index is 1.74. The fourth-order valence-electron chi connectivity index (χ4n) is 4.07. The van der Waals surface area contributed by atoms with E-state index in [0.717, 1.165) is 5.69 Å². The molecule has 3 aromatic rings. The summed E-state index contributed by atoms with van der Waals surface area (Å²) in [5, 5.41) is 4.68. The first kappa shape index (κ1) is 19.8. The van der Waals surface area contributed by atoms with E-state index in [4.69, 9.17) is 10.5 Å². The zero-order valence-electron chi connectivity index (χ0n) is 16.6. The van der Waals surface area contributed by atoms with Gasteiger partial charge in [-0.1, -0.05) is 24.3 Å². The summed E-state index contributed by atoms with van der Waals surface area (Å²) < 4.78 is 20.2. The number of primary amides is 1. The van der Waals surface area contributed by atoms with Crippen LogP contribution in [0.2, 0.25) is 0 Å². The Kier molecular flexibility index (Phi) is 5.01. The molecule has 0 bridgehead atoms. The number of carbonyl (C=O) groups is 2. The number of ether oxygens (including phenoxy) is 1. The molecule has 3 heterocycles. The third-order valence-corrected chi connectivity index (χ3v) is 6.97. The molecule has 8 nitrogen and oxygen atoms in total. The Bertz CT molecular complexity index is 1170. The van der Waals surface area contributed by atoms with Gasteiger partial charge < -0.3 is 19.9 Å². The van der Waals surface area contributed by atoms with Crippen molar-refractivity contribution in [2.24, 2.45) is 5.73 Å². The minimum Gasteiger partial charge on any atom is -0.611 e. The third-order valence-electron chi connectivity index (χ3n) is 5.52. The van der Waals surface area contributed by atoms with Gasteiger partial charge >= 0.3 is 0 Å². The minimum atomic E-state index is -1.53. The van der Waals surface area contributed by atoms with Gasteiger partial charge in [0.25, 0.3) is 11.8 Å². The van der Waals surface area contributed by atoms with Crippen molar-refractivity contribution >= 4 is 23.0 Å². The summed E-state index contributed by atoms with van der Waals surface area (Å²) in [7, 11) is 0. The molecule has 2 aliphatic rings. The highest BCUT2D eigenvalue weighted by Crippen LogP contribution is 2.42. The number of morpholine rings is 1. The molecule has 31 heavy (non-hydrogen) atoms. The number of hydrogen-bond donors (Lipinski definition) is 1. The number of nitrogens with zero attached hydrogens (tertiary/aromatic N) is 3. The van der Waals surface area contributed by atoms with Gasteiger partial charge in [-0.2, -0.15) is 5.10 Å². The molecular formula is C22H20N4O4S. The first-order valence-electron chi connectivity index (χ1n) is 9.92. The maximum atomic E-state index is 13.3. The Morgan fingerprint density at radius 2 is 1.81 bits per heavy atom. The quantitative estimate of drug-likeness (QED) is 0.628. The predicted molar refractivity (Wildman–Crippen MR) is 114 cm³/mol. The summed E-state index contributed by atoms with van der Waals surface area (Å²) in [6.07, 6.45) is 0. The molecule has 1 atom stereocenters. The average Bonchev–Trinajstić information content (AvgIpc) is 3.19. The summed E-state index contributed by atoms with van der Waals surface area (Å²) in [4.78, 5) is 27.4. The van der Waals surface area contributed by atoms with Gasteiger partial charge in [-0.15, -0.1) is 0 Å². The van der Waals surface area contributed by atoms with E-state index in [9.17, 15) is 14.1 Å². The van der Waals surface area contributed by atoms with Gasteiger partial charge in [-0.3, -0.25) is 9.59 Å². The van der Waals surface area contributed by atoms with Crippen LogP contribution in [0, 0.1) is 0 Å². The molecule has 2 N–H and O–H groups in total. The van der Waals surface area contributed by atoms with E-state index in [1.807, 2.05) is 30.3 Å². The fraction of sp³-hybridized carbons (Fsp3) is 0.227. The second-order valence-electron chi connectivity index (χ2n) is 7.36. The van der Waals surface area contributed by atoms with E-state index >= 15 is 0 Å². The summed E-state index contributed by atoms with van der Waals surface area (Å²) >= 11 is -1.53. The number of nitrogens with two attached hydrogens (primary N) is 1. The number of rotatable bonds is 3. The molecule has 1 unspecified atom stereocenters. The Labute approximate surface area is 181 Å². The zero-order valence-corrected chi connectivity index (χ0v) is 17.4. The molecule has 158 valence electrons.